The van der Waals surface area contributed by atoms with Crippen molar-refractivity contribution in [3.8, 4) is 5.75 Å². The number of carbonyl (C=O) groups excluding carboxylic acids is 1. The number of benzene rings is 1. The first kappa shape index (κ1) is 14.3. The smallest absolute Gasteiger partial charge is 0.330 e. The zero-order valence-electron chi connectivity index (χ0n) is 11.4. The van der Waals surface area contributed by atoms with Crippen molar-refractivity contribution in [3.05, 3.63) is 42.0 Å². The second kappa shape index (κ2) is 6.24. The molecule has 1 aromatic rings. The van der Waals surface area contributed by atoms with Crippen LogP contribution in [0.25, 0.3) is 0 Å². The summed E-state index contributed by atoms with van der Waals surface area (Å²) in [5.41, 5.74) is 0.678. The lowest BCUT2D eigenvalue weighted by atomic mass is 10.1. The van der Waals surface area contributed by atoms with E-state index in [0.29, 0.717) is 6.42 Å². The minimum Gasteiger partial charge on any atom is -0.497 e. The van der Waals surface area contributed by atoms with Crippen molar-refractivity contribution in [1.82, 2.24) is 0 Å². The third-order valence-corrected chi connectivity index (χ3v) is 2.17. The average molecular weight is 248 g/mol. The van der Waals surface area contributed by atoms with Gasteiger partial charge in [0.2, 0.25) is 0 Å². The van der Waals surface area contributed by atoms with Crippen LogP contribution in [0.2, 0.25) is 0 Å². The normalized spacial score (nSPS) is 11.6. The predicted octanol–water partition coefficient (Wildman–Crippen LogP) is 3.14. The van der Waals surface area contributed by atoms with E-state index in [9.17, 15) is 4.79 Å². The molecule has 0 unspecified atom stereocenters. The number of rotatable bonds is 4. The van der Waals surface area contributed by atoms with E-state index in [1.165, 1.54) is 6.08 Å². The molecule has 0 radical (unpaired) electrons. The van der Waals surface area contributed by atoms with E-state index < -0.39 is 5.60 Å². The molecule has 0 atom stereocenters. The van der Waals surface area contributed by atoms with Crippen molar-refractivity contribution >= 4 is 5.97 Å². The van der Waals surface area contributed by atoms with Crippen LogP contribution in [0.1, 0.15) is 26.3 Å². The molecule has 18 heavy (non-hydrogen) atoms. The van der Waals surface area contributed by atoms with E-state index in [0.717, 1.165) is 11.3 Å². The lowest BCUT2D eigenvalue weighted by Crippen LogP contribution is -2.22. The quantitative estimate of drug-likeness (QED) is 0.606. The molecule has 1 aromatic carbocycles. The van der Waals surface area contributed by atoms with Crippen LogP contribution in [0.3, 0.4) is 0 Å². The first-order valence-electron chi connectivity index (χ1n) is 5.93. The molecule has 0 aliphatic carbocycles. The summed E-state index contributed by atoms with van der Waals surface area (Å²) in [5.74, 6) is 0.519. The number of hydrogen-bond donors (Lipinski definition) is 0. The molecule has 0 N–H and O–H groups in total. The van der Waals surface area contributed by atoms with Crippen molar-refractivity contribution in [2.75, 3.05) is 7.11 Å². The van der Waals surface area contributed by atoms with Gasteiger partial charge in [0.25, 0.3) is 0 Å². The van der Waals surface area contributed by atoms with Gasteiger partial charge in [0.1, 0.15) is 11.4 Å². The number of esters is 1. The molecular weight excluding hydrogens is 228 g/mol. The average Bonchev–Trinajstić information content (AvgIpc) is 2.27. The third-order valence-electron chi connectivity index (χ3n) is 2.17. The fourth-order valence-corrected chi connectivity index (χ4v) is 1.39. The van der Waals surface area contributed by atoms with Gasteiger partial charge < -0.3 is 9.47 Å². The number of hydrogen-bond acceptors (Lipinski definition) is 3. The molecule has 0 saturated carbocycles. The Hall–Kier alpha value is -1.77. The van der Waals surface area contributed by atoms with Gasteiger partial charge in [-0.1, -0.05) is 18.2 Å². The molecule has 0 aliphatic rings. The molecule has 0 aliphatic heterocycles. The maximum atomic E-state index is 11.4. The Morgan fingerprint density at radius 3 is 2.33 bits per heavy atom. The second-order valence-electron chi connectivity index (χ2n) is 4.99. The van der Waals surface area contributed by atoms with E-state index in [1.54, 1.807) is 13.2 Å². The highest BCUT2D eigenvalue weighted by Crippen LogP contribution is 2.12. The summed E-state index contributed by atoms with van der Waals surface area (Å²) in [6, 6.07) is 7.74. The van der Waals surface area contributed by atoms with Crippen molar-refractivity contribution in [2.24, 2.45) is 0 Å². The van der Waals surface area contributed by atoms with Gasteiger partial charge in [-0.15, -0.1) is 0 Å². The summed E-state index contributed by atoms with van der Waals surface area (Å²) in [7, 11) is 1.64. The molecule has 0 aromatic heterocycles. The number of allylic oxidation sites excluding steroid dienone is 1. The Morgan fingerprint density at radius 2 is 1.83 bits per heavy atom. The molecular formula is C15H20O3. The fourth-order valence-electron chi connectivity index (χ4n) is 1.39. The zero-order valence-corrected chi connectivity index (χ0v) is 11.4. The molecule has 3 heteroatoms. The van der Waals surface area contributed by atoms with Crippen LogP contribution in [0, 0.1) is 0 Å². The Kier molecular flexibility index (Phi) is 4.95. The van der Waals surface area contributed by atoms with Gasteiger partial charge in [-0.2, -0.15) is 0 Å². The highest BCUT2D eigenvalue weighted by molar-refractivity contribution is 5.82. The van der Waals surface area contributed by atoms with Gasteiger partial charge in [-0.05, 0) is 44.9 Å². The summed E-state index contributed by atoms with van der Waals surface area (Å²) in [6.45, 7) is 5.55. The van der Waals surface area contributed by atoms with Crippen LogP contribution in [-0.2, 0) is 16.0 Å². The van der Waals surface area contributed by atoms with Crippen LogP contribution < -0.4 is 4.74 Å². The van der Waals surface area contributed by atoms with Crippen molar-refractivity contribution in [1.29, 1.82) is 0 Å². The molecule has 0 bridgehead atoms. The summed E-state index contributed by atoms with van der Waals surface area (Å²) in [4.78, 5) is 11.4. The molecule has 3 nitrogen and oxygen atoms in total. The van der Waals surface area contributed by atoms with Gasteiger partial charge in [0.05, 0.1) is 7.11 Å². The first-order chi connectivity index (χ1) is 8.40. The molecule has 0 amide bonds. The maximum Gasteiger partial charge on any atom is 0.330 e. The lowest BCUT2D eigenvalue weighted by Gasteiger charge is -2.17. The van der Waals surface area contributed by atoms with Crippen LogP contribution in [0.5, 0.6) is 5.75 Å². The van der Waals surface area contributed by atoms with Crippen LogP contribution in [0.4, 0.5) is 0 Å². The highest BCUT2D eigenvalue weighted by Gasteiger charge is 2.13. The molecule has 0 heterocycles. The Morgan fingerprint density at radius 1 is 1.22 bits per heavy atom. The second-order valence-corrected chi connectivity index (χ2v) is 4.99. The van der Waals surface area contributed by atoms with Crippen LogP contribution >= 0.6 is 0 Å². The van der Waals surface area contributed by atoms with E-state index in [2.05, 4.69) is 0 Å². The van der Waals surface area contributed by atoms with Crippen LogP contribution in [-0.4, -0.2) is 18.7 Å². The summed E-state index contributed by atoms with van der Waals surface area (Å²) in [6.07, 6.45) is 3.97. The van der Waals surface area contributed by atoms with Gasteiger partial charge in [0.15, 0.2) is 0 Å². The third kappa shape index (κ3) is 5.53. The molecule has 1 rings (SSSR count). The zero-order chi connectivity index (χ0) is 13.6. The van der Waals surface area contributed by atoms with Crippen molar-refractivity contribution < 1.29 is 14.3 Å². The molecule has 0 spiro atoms. The topological polar surface area (TPSA) is 35.5 Å². The predicted molar refractivity (Wildman–Crippen MR) is 71.7 cm³/mol. The monoisotopic (exact) mass is 248 g/mol. The first-order valence-corrected chi connectivity index (χ1v) is 5.93. The summed E-state index contributed by atoms with van der Waals surface area (Å²) < 4.78 is 10.2. The summed E-state index contributed by atoms with van der Waals surface area (Å²) in [5, 5.41) is 0. The van der Waals surface area contributed by atoms with Crippen LogP contribution in [0.15, 0.2) is 36.4 Å². The van der Waals surface area contributed by atoms with E-state index in [4.69, 9.17) is 9.47 Å². The van der Waals surface area contributed by atoms with E-state index >= 15 is 0 Å². The van der Waals surface area contributed by atoms with Gasteiger partial charge >= 0.3 is 5.97 Å². The maximum absolute atomic E-state index is 11.4. The summed E-state index contributed by atoms with van der Waals surface area (Å²) >= 11 is 0. The SMILES string of the molecule is COc1ccc(CC=CC(=O)OC(C)(C)C)cc1. The van der Waals surface area contributed by atoms with Gasteiger partial charge in [-0.25, -0.2) is 4.79 Å². The van der Waals surface area contributed by atoms with E-state index in [1.807, 2.05) is 45.0 Å². The lowest BCUT2D eigenvalue weighted by molar-refractivity contribution is -0.148. The Labute approximate surface area is 108 Å². The van der Waals surface area contributed by atoms with E-state index in [-0.39, 0.29) is 5.97 Å². The van der Waals surface area contributed by atoms with Gasteiger partial charge in [-0.3, -0.25) is 0 Å². The minimum atomic E-state index is -0.443. The fraction of sp³-hybridized carbons (Fsp3) is 0.400. The Bertz CT molecular complexity index is 410. The molecule has 98 valence electrons. The standard InChI is InChI=1S/C15H20O3/c1-15(2,3)18-14(16)7-5-6-12-8-10-13(17-4)11-9-12/h5,7-11H,6H2,1-4H3. The minimum absolute atomic E-state index is 0.309. The molecule has 0 fully saturated rings. The van der Waals surface area contributed by atoms with Crippen molar-refractivity contribution in [3.63, 3.8) is 0 Å². The number of methoxy groups -OCH3 is 1. The molecule has 0 saturated heterocycles. The Balaban J connectivity index is 2.46. The largest absolute Gasteiger partial charge is 0.497 e. The number of ether oxygens (including phenoxy) is 2. The van der Waals surface area contributed by atoms with Crippen molar-refractivity contribution in [2.45, 2.75) is 32.8 Å². The highest BCUT2D eigenvalue weighted by atomic mass is 16.6. The van der Waals surface area contributed by atoms with Gasteiger partial charge in [0, 0.05) is 6.08 Å². The number of carbonyl (C=O) groups is 1.